The van der Waals surface area contributed by atoms with Gasteiger partial charge >= 0.3 is 6.03 Å². The molecule has 2 amide bonds. The second kappa shape index (κ2) is 15.2. The van der Waals surface area contributed by atoms with E-state index in [1.165, 1.54) is 6.42 Å². The number of nitrogens with zero attached hydrogens (tertiary/aromatic N) is 6. The molecule has 0 bridgehead atoms. The number of piperidine rings is 1. The lowest BCUT2D eigenvalue weighted by molar-refractivity contribution is 0.171. The van der Waals surface area contributed by atoms with Crippen molar-refractivity contribution in [1.82, 2.24) is 29.7 Å². The first-order chi connectivity index (χ1) is 25.7. The first-order valence-corrected chi connectivity index (χ1v) is 20.6. The number of nitrogens with one attached hydrogen (secondary N) is 2. The average molecular weight is 775 g/mol. The molecule has 0 radical (unpaired) electrons. The third-order valence-electron chi connectivity index (χ3n) is 10.1. The number of ether oxygens (including phenoxy) is 1. The molecule has 286 valence electrons. The van der Waals surface area contributed by atoms with Crippen molar-refractivity contribution in [3.63, 3.8) is 0 Å². The van der Waals surface area contributed by atoms with Crippen LogP contribution in [0.4, 0.5) is 16.6 Å². The van der Waals surface area contributed by atoms with E-state index in [2.05, 4.69) is 59.5 Å². The van der Waals surface area contributed by atoms with Crippen LogP contribution in [0.3, 0.4) is 0 Å². The fourth-order valence-corrected chi connectivity index (χ4v) is 7.84. The summed E-state index contributed by atoms with van der Waals surface area (Å²) in [5.74, 6) is 2.05. The van der Waals surface area contributed by atoms with Crippen LogP contribution >= 0.6 is 11.6 Å². The molecule has 4 heterocycles. The maximum Gasteiger partial charge on any atom is 0.320 e. The lowest BCUT2D eigenvalue weighted by atomic mass is 9.85. The quantitative estimate of drug-likeness (QED) is 0.138. The van der Waals surface area contributed by atoms with Crippen LogP contribution in [0.1, 0.15) is 94.3 Å². The van der Waals surface area contributed by atoms with E-state index in [9.17, 15) is 13.2 Å². The SMILES string of the molecule is C[C@H]1CCCCN1c1nnc2ccc(O[C@@H]3CC[C@H](NC(=O)Nc4cc(C(C)(C)C)nn4-c4ccc(Cl)c(CCOS(C)(=O)=O)c4)c4ccccc43)cn12. The molecule has 0 spiro atoms. The summed E-state index contributed by atoms with van der Waals surface area (Å²) in [6.07, 6.45) is 7.92. The summed E-state index contributed by atoms with van der Waals surface area (Å²) >= 11 is 6.47. The minimum atomic E-state index is -3.59. The number of halogens is 1. The van der Waals surface area contributed by atoms with Gasteiger partial charge in [-0.05, 0) is 92.5 Å². The van der Waals surface area contributed by atoms with Gasteiger partial charge in [-0.1, -0.05) is 56.6 Å². The Morgan fingerprint density at radius 3 is 2.56 bits per heavy atom. The monoisotopic (exact) mass is 774 g/mol. The number of aromatic nitrogens is 5. The summed E-state index contributed by atoms with van der Waals surface area (Å²) in [5, 5.41) is 20.5. The van der Waals surface area contributed by atoms with Gasteiger partial charge in [0.1, 0.15) is 17.7 Å². The van der Waals surface area contributed by atoms with Crippen LogP contribution in [0.25, 0.3) is 11.3 Å². The number of amides is 2. The van der Waals surface area contributed by atoms with Crippen LogP contribution in [0.2, 0.25) is 5.02 Å². The van der Waals surface area contributed by atoms with Crippen LogP contribution in [-0.4, -0.2) is 64.3 Å². The Balaban J connectivity index is 1.08. The van der Waals surface area contributed by atoms with Crippen molar-refractivity contribution in [1.29, 1.82) is 0 Å². The smallest absolute Gasteiger partial charge is 0.320 e. The van der Waals surface area contributed by atoms with Crippen LogP contribution in [0, 0.1) is 0 Å². The third-order valence-corrected chi connectivity index (χ3v) is 11.1. The maximum absolute atomic E-state index is 13.7. The van der Waals surface area contributed by atoms with Crippen molar-refractivity contribution < 1.29 is 22.1 Å². The zero-order valence-electron chi connectivity index (χ0n) is 31.3. The highest BCUT2D eigenvalue weighted by Crippen LogP contribution is 2.39. The second-order valence-corrected chi connectivity index (χ2v) is 17.3. The predicted octanol–water partition coefficient (Wildman–Crippen LogP) is 7.54. The molecule has 2 aliphatic rings. The minimum absolute atomic E-state index is 0.0486. The van der Waals surface area contributed by atoms with Gasteiger partial charge in [-0.15, -0.1) is 10.2 Å². The molecule has 3 atom stereocenters. The van der Waals surface area contributed by atoms with Gasteiger partial charge in [0, 0.05) is 29.1 Å². The predicted molar refractivity (Wildman–Crippen MR) is 209 cm³/mol. The molecule has 2 N–H and O–H groups in total. The molecule has 54 heavy (non-hydrogen) atoms. The minimum Gasteiger partial charge on any atom is -0.484 e. The Morgan fingerprint density at radius 2 is 1.80 bits per heavy atom. The number of benzene rings is 2. The number of hydrogen-bond donors (Lipinski definition) is 2. The summed E-state index contributed by atoms with van der Waals surface area (Å²) in [7, 11) is -3.59. The fourth-order valence-electron chi connectivity index (χ4n) is 7.24. The Morgan fingerprint density at radius 1 is 1.00 bits per heavy atom. The van der Waals surface area contributed by atoms with E-state index < -0.39 is 10.1 Å². The molecule has 0 unspecified atom stereocenters. The molecular weight excluding hydrogens is 728 g/mol. The fraction of sp³-hybridized carbons (Fsp3) is 0.436. The number of rotatable bonds is 10. The van der Waals surface area contributed by atoms with Gasteiger partial charge in [0.15, 0.2) is 5.65 Å². The summed E-state index contributed by atoms with van der Waals surface area (Å²) in [5.41, 5.74) is 4.62. The Kier molecular flexibility index (Phi) is 10.6. The standard InChI is InChI=1S/C39H47ClN8O5S/c1-25-10-8-9-20-46(25)38-44-43-35-18-14-28(24-47(35)38)53-33-17-16-32(29-11-6-7-12-30(29)33)41-37(49)42-36-23-34(39(2,3)4)45-48(36)27-13-15-31(40)26(22-27)19-21-52-54(5,50)51/h6-7,11-15,18,22-25,32-33H,8-10,16-17,19-21H2,1-5H3,(H2,41,42,49)/t25-,32-,33+/m0/s1. The van der Waals surface area contributed by atoms with Crippen LogP contribution in [0.5, 0.6) is 5.75 Å². The topological polar surface area (TPSA) is 145 Å². The normalized spacial score (nSPS) is 19.1. The molecule has 3 aromatic heterocycles. The van der Waals surface area contributed by atoms with E-state index >= 15 is 0 Å². The van der Waals surface area contributed by atoms with Gasteiger partial charge in [-0.3, -0.25) is 13.9 Å². The Bertz CT molecular complexity index is 2270. The zero-order valence-corrected chi connectivity index (χ0v) is 32.8. The summed E-state index contributed by atoms with van der Waals surface area (Å²) < 4.78 is 38.3. The van der Waals surface area contributed by atoms with Gasteiger partial charge < -0.3 is 15.0 Å². The lowest BCUT2D eigenvalue weighted by Gasteiger charge is -2.33. The average Bonchev–Trinajstić information content (AvgIpc) is 3.74. The van der Waals surface area contributed by atoms with Crippen LogP contribution in [0.15, 0.2) is 66.9 Å². The number of anilines is 2. The number of carbonyl (C=O) groups excluding carboxylic acids is 1. The molecule has 0 saturated carbocycles. The van der Waals surface area contributed by atoms with Gasteiger partial charge in [-0.25, -0.2) is 9.48 Å². The number of hydrogen-bond acceptors (Lipinski definition) is 9. The third kappa shape index (κ3) is 8.35. The number of urea groups is 1. The van der Waals surface area contributed by atoms with E-state index in [1.807, 2.05) is 53.1 Å². The highest BCUT2D eigenvalue weighted by Gasteiger charge is 2.31. The van der Waals surface area contributed by atoms with Crippen molar-refractivity contribution in [2.45, 2.75) is 89.8 Å². The molecule has 1 aliphatic carbocycles. The van der Waals surface area contributed by atoms with E-state index in [0.29, 0.717) is 41.0 Å². The molecule has 5 aromatic rings. The number of fused-ring (bicyclic) bond motifs is 2. The zero-order chi connectivity index (χ0) is 38.2. The highest BCUT2D eigenvalue weighted by molar-refractivity contribution is 7.85. The molecule has 7 rings (SSSR count). The van der Waals surface area contributed by atoms with Gasteiger partial charge in [0.25, 0.3) is 10.1 Å². The molecule has 13 nitrogen and oxygen atoms in total. The van der Waals surface area contributed by atoms with Gasteiger partial charge in [-0.2, -0.15) is 13.5 Å². The van der Waals surface area contributed by atoms with E-state index in [-0.39, 0.29) is 36.6 Å². The highest BCUT2D eigenvalue weighted by atomic mass is 35.5. The van der Waals surface area contributed by atoms with Crippen molar-refractivity contribution >= 4 is 45.2 Å². The summed E-state index contributed by atoms with van der Waals surface area (Å²) in [6.45, 7) is 9.30. The largest absolute Gasteiger partial charge is 0.484 e. The first kappa shape index (κ1) is 37.6. The molecular formula is C39H47ClN8O5S. The first-order valence-electron chi connectivity index (χ1n) is 18.4. The molecule has 2 aromatic carbocycles. The molecule has 1 aliphatic heterocycles. The maximum atomic E-state index is 13.7. The number of pyridine rings is 1. The summed E-state index contributed by atoms with van der Waals surface area (Å²) in [6, 6.07) is 19.0. The van der Waals surface area contributed by atoms with E-state index in [4.69, 9.17) is 25.6 Å². The Labute approximate surface area is 321 Å². The second-order valence-electron chi connectivity index (χ2n) is 15.2. The molecule has 15 heteroatoms. The van der Waals surface area contributed by atoms with Crippen molar-refractivity contribution in [3.8, 4) is 11.4 Å². The van der Waals surface area contributed by atoms with Crippen molar-refractivity contribution in [2.24, 2.45) is 0 Å². The number of carbonyl (C=O) groups is 1. The lowest BCUT2D eigenvalue weighted by Crippen LogP contribution is -2.38. The Hall–Kier alpha value is -4.66. The summed E-state index contributed by atoms with van der Waals surface area (Å²) in [4.78, 5) is 16.1. The van der Waals surface area contributed by atoms with Crippen molar-refractivity contribution in [2.75, 3.05) is 29.6 Å². The molecule has 1 fully saturated rings. The van der Waals surface area contributed by atoms with E-state index in [0.717, 1.165) is 59.8 Å². The van der Waals surface area contributed by atoms with E-state index in [1.54, 1.807) is 16.8 Å². The van der Waals surface area contributed by atoms with Crippen LogP contribution in [-0.2, 0) is 26.1 Å². The van der Waals surface area contributed by atoms with Crippen LogP contribution < -0.4 is 20.3 Å². The van der Waals surface area contributed by atoms with Crippen molar-refractivity contribution in [3.05, 3.63) is 94.3 Å². The molecule has 1 saturated heterocycles. The van der Waals surface area contributed by atoms with Gasteiger partial charge in [0.05, 0.1) is 36.5 Å². The van der Waals surface area contributed by atoms with Gasteiger partial charge in [0.2, 0.25) is 5.95 Å².